The number of nitrogens with one attached hydrogen (secondary N) is 1. The van der Waals surface area contributed by atoms with E-state index in [9.17, 15) is 9.59 Å². The standard InChI is InChI=1S/C18H17ClN2O4S/c1-24-18(23)11-25-15-4-2-3-13(9-15)10-20-21-17(22)12-26-16-7-5-14(19)6-8-16/h2-10H,11-12H2,1H3,(H,21,22)/b20-10-. The maximum absolute atomic E-state index is 11.8. The minimum atomic E-state index is -0.463. The molecule has 0 spiro atoms. The Hall–Kier alpha value is -2.51. The second-order valence-corrected chi connectivity index (χ2v) is 6.46. The quantitative estimate of drug-likeness (QED) is 0.323. The Labute approximate surface area is 160 Å². The molecule has 0 aliphatic heterocycles. The smallest absolute Gasteiger partial charge is 0.343 e. The molecule has 0 aliphatic carbocycles. The van der Waals surface area contributed by atoms with E-state index in [0.717, 1.165) is 10.5 Å². The van der Waals surface area contributed by atoms with Gasteiger partial charge in [0.05, 0.1) is 19.1 Å². The van der Waals surface area contributed by atoms with Crippen LogP contribution in [0.25, 0.3) is 0 Å². The number of ether oxygens (including phenoxy) is 2. The maximum Gasteiger partial charge on any atom is 0.343 e. The number of nitrogens with zero attached hydrogens (tertiary/aromatic N) is 1. The maximum atomic E-state index is 11.8. The zero-order valence-electron chi connectivity index (χ0n) is 14.0. The number of halogens is 1. The van der Waals surface area contributed by atoms with Crippen LogP contribution in [-0.2, 0) is 14.3 Å². The molecule has 0 unspecified atom stereocenters. The number of thioether (sulfide) groups is 1. The Balaban J connectivity index is 1.79. The van der Waals surface area contributed by atoms with Gasteiger partial charge in [0.15, 0.2) is 6.61 Å². The lowest BCUT2D eigenvalue weighted by Crippen LogP contribution is -2.19. The van der Waals surface area contributed by atoms with Crippen molar-refractivity contribution in [2.75, 3.05) is 19.5 Å². The van der Waals surface area contributed by atoms with Crippen molar-refractivity contribution < 1.29 is 19.1 Å². The second kappa shape index (κ2) is 10.5. The van der Waals surface area contributed by atoms with Crippen molar-refractivity contribution in [2.24, 2.45) is 5.10 Å². The zero-order chi connectivity index (χ0) is 18.8. The van der Waals surface area contributed by atoms with E-state index in [1.54, 1.807) is 36.4 Å². The molecule has 1 N–H and O–H groups in total. The molecule has 0 aromatic heterocycles. The number of carbonyl (C=O) groups is 2. The molecule has 2 rings (SSSR count). The van der Waals surface area contributed by atoms with E-state index < -0.39 is 5.97 Å². The van der Waals surface area contributed by atoms with Gasteiger partial charge in [-0.2, -0.15) is 5.10 Å². The van der Waals surface area contributed by atoms with Gasteiger partial charge in [-0.3, -0.25) is 4.79 Å². The zero-order valence-corrected chi connectivity index (χ0v) is 15.5. The highest BCUT2D eigenvalue weighted by Gasteiger charge is 2.03. The van der Waals surface area contributed by atoms with Gasteiger partial charge in [-0.25, -0.2) is 10.2 Å². The first kappa shape index (κ1) is 19.8. The number of benzene rings is 2. The first-order chi connectivity index (χ1) is 12.6. The molecule has 8 heteroatoms. The van der Waals surface area contributed by atoms with Crippen molar-refractivity contribution in [3.8, 4) is 5.75 Å². The summed E-state index contributed by atoms with van der Waals surface area (Å²) in [5.41, 5.74) is 3.18. The predicted octanol–water partition coefficient (Wildman–Crippen LogP) is 3.13. The number of hydrogen-bond acceptors (Lipinski definition) is 6. The molecular weight excluding hydrogens is 376 g/mol. The first-order valence-corrected chi connectivity index (χ1v) is 8.93. The molecule has 0 radical (unpaired) electrons. The van der Waals surface area contributed by atoms with Gasteiger partial charge in [-0.1, -0.05) is 23.7 Å². The molecule has 1 amide bonds. The molecule has 136 valence electrons. The summed E-state index contributed by atoms with van der Waals surface area (Å²) < 4.78 is 9.79. The summed E-state index contributed by atoms with van der Waals surface area (Å²) in [7, 11) is 1.29. The highest BCUT2D eigenvalue weighted by atomic mass is 35.5. The highest BCUT2D eigenvalue weighted by Crippen LogP contribution is 2.19. The summed E-state index contributed by atoms with van der Waals surface area (Å²) in [6.45, 7) is -0.171. The average Bonchev–Trinajstić information content (AvgIpc) is 2.66. The van der Waals surface area contributed by atoms with Crippen LogP contribution < -0.4 is 10.2 Å². The molecule has 0 atom stereocenters. The van der Waals surface area contributed by atoms with Crippen LogP contribution >= 0.6 is 23.4 Å². The molecule has 26 heavy (non-hydrogen) atoms. The monoisotopic (exact) mass is 392 g/mol. The Bertz CT molecular complexity index is 781. The SMILES string of the molecule is COC(=O)COc1cccc(/C=N\NC(=O)CSc2ccc(Cl)cc2)c1. The number of esters is 1. The minimum Gasteiger partial charge on any atom is -0.482 e. The molecule has 0 aliphatic rings. The third kappa shape index (κ3) is 7.16. The van der Waals surface area contributed by atoms with E-state index in [1.807, 2.05) is 12.1 Å². The summed E-state index contributed by atoms with van der Waals surface area (Å²) in [6, 6.07) is 14.2. The van der Waals surface area contributed by atoms with Crippen molar-refractivity contribution >= 4 is 41.5 Å². The Morgan fingerprint density at radius 3 is 2.73 bits per heavy atom. The van der Waals surface area contributed by atoms with Gasteiger partial charge >= 0.3 is 5.97 Å². The van der Waals surface area contributed by atoms with Crippen molar-refractivity contribution in [1.82, 2.24) is 5.43 Å². The first-order valence-electron chi connectivity index (χ1n) is 7.57. The van der Waals surface area contributed by atoms with Crippen LogP contribution in [0.5, 0.6) is 5.75 Å². The van der Waals surface area contributed by atoms with Gasteiger partial charge in [0.25, 0.3) is 0 Å². The van der Waals surface area contributed by atoms with E-state index in [0.29, 0.717) is 10.8 Å². The number of methoxy groups -OCH3 is 1. The van der Waals surface area contributed by atoms with Crippen molar-refractivity contribution in [3.63, 3.8) is 0 Å². The number of carbonyl (C=O) groups excluding carboxylic acids is 2. The summed E-state index contributed by atoms with van der Waals surface area (Å²) in [5.74, 6) is 0.0547. The number of hydrogen-bond donors (Lipinski definition) is 1. The predicted molar refractivity (Wildman–Crippen MR) is 102 cm³/mol. The van der Waals surface area contributed by atoms with Crippen LogP contribution in [0, 0.1) is 0 Å². The lowest BCUT2D eigenvalue weighted by atomic mass is 10.2. The topological polar surface area (TPSA) is 77.0 Å². The van der Waals surface area contributed by atoms with E-state index in [4.69, 9.17) is 16.3 Å². The van der Waals surface area contributed by atoms with Gasteiger partial charge in [-0.15, -0.1) is 11.8 Å². The van der Waals surface area contributed by atoms with Gasteiger partial charge in [-0.05, 0) is 42.0 Å². The van der Waals surface area contributed by atoms with Crippen molar-refractivity contribution in [3.05, 3.63) is 59.1 Å². The van der Waals surface area contributed by atoms with Gasteiger partial charge in [0.1, 0.15) is 5.75 Å². The van der Waals surface area contributed by atoms with Crippen LogP contribution in [0.15, 0.2) is 58.5 Å². The van der Waals surface area contributed by atoms with Gasteiger partial charge in [0.2, 0.25) is 5.91 Å². The molecule has 6 nitrogen and oxygen atoms in total. The number of amides is 1. The Morgan fingerprint density at radius 1 is 1.23 bits per heavy atom. The van der Waals surface area contributed by atoms with E-state index in [1.165, 1.54) is 25.1 Å². The molecule has 0 fully saturated rings. The number of rotatable bonds is 8. The van der Waals surface area contributed by atoms with Crippen LogP contribution in [0.2, 0.25) is 5.02 Å². The fraction of sp³-hybridized carbons (Fsp3) is 0.167. The third-order valence-corrected chi connectivity index (χ3v) is 4.29. The largest absolute Gasteiger partial charge is 0.482 e. The Kier molecular flexibility index (Phi) is 7.98. The molecule has 0 saturated carbocycles. The molecule has 0 bridgehead atoms. The molecule has 2 aromatic carbocycles. The van der Waals surface area contributed by atoms with Crippen LogP contribution in [0.1, 0.15) is 5.56 Å². The Morgan fingerprint density at radius 2 is 2.00 bits per heavy atom. The van der Waals surface area contributed by atoms with Crippen molar-refractivity contribution in [1.29, 1.82) is 0 Å². The summed E-state index contributed by atoms with van der Waals surface area (Å²) in [4.78, 5) is 23.8. The minimum absolute atomic E-state index is 0.171. The molecular formula is C18H17ClN2O4S. The van der Waals surface area contributed by atoms with E-state index in [2.05, 4.69) is 15.3 Å². The van der Waals surface area contributed by atoms with E-state index in [-0.39, 0.29) is 18.3 Å². The lowest BCUT2D eigenvalue weighted by molar-refractivity contribution is -0.142. The van der Waals surface area contributed by atoms with Gasteiger partial charge < -0.3 is 9.47 Å². The lowest BCUT2D eigenvalue weighted by Gasteiger charge is -2.05. The van der Waals surface area contributed by atoms with Gasteiger partial charge in [0, 0.05) is 9.92 Å². The average molecular weight is 393 g/mol. The highest BCUT2D eigenvalue weighted by molar-refractivity contribution is 8.00. The van der Waals surface area contributed by atoms with Crippen LogP contribution in [0.3, 0.4) is 0 Å². The number of hydrazone groups is 1. The van der Waals surface area contributed by atoms with Crippen LogP contribution in [0.4, 0.5) is 0 Å². The fourth-order valence-electron chi connectivity index (χ4n) is 1.78. The summed E-state index contributed by atoms with van der Waals surface area (Å²) in [5, 5.41) is 4.57. The molecule has 2 aromatic rings. The van der Waals surface area contributed by atoms with Crippen molar-refractivity contribution in [2.45, 2.75) is 4.90 Å². The molecule has 0 heterocycles. The third-order valence-electron chi connectivity index (χ3n) is 3.03. The van der Waals surface area contributed by atoms with E-state index >= 15 is 0 Å². The summed E-state index contributed by atoms with van der Waals surface area (Å²) in [6.07, 6.45) is 1.50. The fourth-order valence-corrected chi connectivity index (χ4v) is 2.59. The molecule has 0 saturated heterocycles. The normalized spacial score (nSPS) is 10.5. The summed E-state index contributed by atoms with van der Waals surface area (Å²) >= 11 is 7.20. The second-order valence-electron chi connectivity index (χ2n) is 4.97. The van der Waals surface area contributed by atoms with Crippen LogP contribution in [-0.4, -0.2) is 37.6 Å².